The Labute approximate surface area is 87.9 Å². The Morgan fingerprint density at radius 2 is 2.19 bits per heavy atom. The van der Waals surface area contributed by atoms with Gasteiger partial charge in [-0.2, -0.15) is 18.3 Å². The largest absolute Gasteiger partial charge is 0.411 e. The maximum atomic E-state index is 11.7. The molecule has 16 heavy (non-hydrogen) atoms. The van der Waals surface area contributed by atoms with Gasteiger partial charge >= 0.3 is 6.18 Å². The fourth-order valence-corrected chi connectivity index (χ4v) is 0.949. The van der Waals surface area contributed by atoms with Crippen molar-refractivity contribution in [2.45, 2.75) is 12.9 Å². The van der Waals surface area contributed by atoms with Crippen LogP contribution in [0.15, 0.2) is 6.20 Å². The van der Waals surface area contributed by atoms with Crippen LogP contribution in [-0.4, -0.2) is 28.5 Å². The Balaban J connectivity index is 2.56. The number of carbonyl (C=O) groups is 1. The summed E-state index contributed by atoms with van der Waals surface area (Å²) in [5.41, 5.74) is 10.0. The summed E-state index contributed by atoms with van der Waals surface area (Å²) >= 11 is 0. The molecule has 1 heterocycles. The first-order chi connectivity index (χ1) is 7.29. The number of alkyl halides is 3. The number of ether oxygens (including phenoxy) is 1. The molecule has 0 bridgehead atoms. The number of nitrogens with two attached hydrogens (primary N) is 2. The van der Waals surface area contributed by atoms with Gasteiger partial charge in [-0.1, -0.05) is 0 Å². The van der Waals surface area contributed by atoms with Crippen LogP contribution in [0.25, 0.3) is 0 Å². The third-order valence-corrected chi connectivity index (χ3v) is 1.51. The molecule has 0 radical (unpaired) electrons. The van der Waals surface area contributed by atoms with Crippen molar-refractivity contribution in [3.63, 3.8) is 0 Å². The van der Waals surface area contributed by atoms with Gasteiger partial charge in [-0.25, -0.2) is 4.68 Å². The van der Waals surface area contributed by atoms with Gasteiger partial charge in [-0.05, 0) is 0 Å². The minimum absolute atomic E-state index is 0.0110. The number of amides is 1. The van der Waals surface area contributed by atoms with Gasteiger partial charge in [0.2, 0.25) is 0 Å². The second-order valence-corrected chi connectivity index (χ2v) is 2.93. The lowest BCUT2D eigenvalue weighted by Crippen LogP contribution is -2.19. The second-order valence-electron chi connectivity index (χ2n) is 2.93. The molecule has 9 heteroatoms. The molecular weight excluding hydrogens is 229 g/mol. The van der Waals surface area contributed by atoms with Crippen LogP contribution in [0.4, 0.5) is 18.9 Å². The van der Waals surface area contributed by atoms with Crippen molar-refractivity contribution in [3.8, 4) is 0 Å². The lowest BCUT2D eigenvalue weighted by molar-refractivity contribution is -0.182. The second kappa shape index (κ2) is 4.39. The first kappa shape index (κ1) is 12.3. The van der Waals surface area contributed by atoms with Gasteiger partial charge in [0.15, 0.2) is 5.69 Å². The third-order valence-electron chi connectivity index (χ3n) is 1.51. The molecule has 0 aliphatic carbocycles. The Kier molecular flexibility index (Phi) is 3.38. The highest BCUT2D eigenvalue weighted by atomic mass is 19.4. The molecule has 0 atom stereocenters. The number of hydrogen-bond acceptors (Lipinski definition) is 4. The van der Waals surface area contributed by atoms with E-state index in [0.717, 1.165) is 10.9 Å². The van der Waals surface area contributed by atoms with Crippen molar-refractivity contribution in [1.29, 1.82) is 0 Å². The molecule has 4 N–H and O–H groups in total. The molecule has 0 aliphatic rings. The summed E-state index contributed by atoms with van der Waals surface area (Å²) in [6.07, 6.45) is -3.25. The predicted octanol–water partition coefficient (Wildman–Crippen LogP) is 0.101. The molecule has 6 nitrogen and oxygen atoms in total. The first-order valence-electron chi connectivity index (χ1n) is 4.07. The smallest absolute Gasteiger partial charge is 0.396 e. The first-order valence-corrected chi connectivity index (χ1v) is 4.07. The lowest BCUT2D eigenvalue weighted by Gasteiger charge is -2.06. The van der Waals surface area contributed by atoms with Crippen LogP contribution in [0.2, 0.25) is 0 Å². The molecule has 90 valence electrons. The zero-order chi connectivity index (χ0) is 12.3. The Hall–Kier alpha value is -1.77. The zero-order valence-electron chi connectivity index (χ0n) is 7.99. The monoisotopic (exact) mass is 238 g/mol. The highest BCUT2D eigenvalue weighted by Gasteiger charge is 2.27. The third kappa shape index (κ3) is 3.42. The number of rotatable bonds is 4. The zero-order valence-corrected chi connectivity index (χ0v) is 7.99. The fraction of sp³-hybridized carbons (Fsp3) is 0.429. The molecule has 0 saturated carbocycles. The van der Waals surface area contributed by atoms with Crippen LogP contribution < -0.4 is 11.5 Å². The van der Waals surface area contributed by atoms with Crippen molar-refractivity contribution in [3.05, 3.63) is 11.9 Å². The van der Waals surface area contributed by atoms with E-state index in [1.807, 2.05) is 0 Å². The number of hydrogen-bond donors (Lipinski definition) is 2. The molecule has 1 aromatic rings. The lowest BCUT2D eigenvalue weighted by atomic mass is 10.4. The molecular formula is C7H9F3N4O2. The number of primary amides is 1. The Bertz CT molecular complexity index is 387. The van der Waals surface area contributed by atoms with Crippen LogP contribution >= 0.6 is 0 Å². The van der Waals surface area contributed by atoms with Crippen molar-refractivity contribution in [2.24, 2.45) is 5.73 Å². The van der Waals surface area contributed by atoms with Crippen LogP contribution in [0, 0.1) is 0 Å². The summed E-state index contributed by atoms with van der Waals surface area (Å²) in [5.74, 6) is -0.855. The number of aromatic nitrogens is 2. The predicted molar refractivity (Wildman–Crippen MR) is 47.2 cm³/mol. The topological polar surface area (TPSA) is 96.2 Å². The summed E-state index contributed by atoms with van der Waals surface area (Å²) in [6.45, 7) is -1.87. The van der Waals surface area contributed by atoms with Gasteiger partial charge in [0.25, 0.3) is 5.91 Å². The van der Waals surface area contributed by atoms with Crippen LogP contribution in [0.3, 0.4) is 0 Å². The quantitative estimate of drug-likeness (QED) is 0.777. The van der Waals surface area contributed by atoms with Crippen molar-refractivity contribution in [2.75, 3.05) is 12.3 Å². The molecule has 0 aromatic carbocycles. The highest BCUT2D eigenvalue weighted by molar-refractivity contribution is 5.95. The normalized spacial score (nSPS) is 11.7. The van der Waals surface area contributed by atoms with Gasteiger partial charge in [0.1, 0.15) is 13.3 Å². The Morgan fingerprint density at radius 1 is 1.56 bits per heavy atom. The number of nitrogens with zero attached hydrogens (tertiary/aromatic N) is 2. The van der Waals surface area contributed by atoms with E-state index in [-0.39, 0.29) is 11.4 Å². The minimum Gasteiger partial charge on any atom is -0.396 e. The van der Waals surface area contributed by atoms with Gasteiger partial charge in [-0.15, -0.1) is 0 Å². The Morgan fingerprint density at radius 3 is 2.62 bits per heavy atom. The molecule has 0 unspecified atom stereocenters. The van der Waals surface area contributed by atoms with E-state index < -0.39 is 25.4 Å². The van der Waals surface area contributed by atoms with Crippen LogP contribution in [0.1, 0.15) is 10.5 Å². The molecule has 0 saturated heterocycles. The van der Waals surface area contributed by atoms with E-state index in [2.05, 4.69) is 9.84 Å². The SMILES string of the molecule is NC(=O)c1nn(COCC(F)(F)F)cc1N. The van der Waals surface area contributed by atoms with Crippen LogP contribution in [-0.2, 0) is 11.5 Å². The molecule has 1 aromatic heterocycles. The van der Waals surface area contributed by atoms with E-state index in [9.17, 15) is 18.0 Å². The highest BCUT2D eigenvalue weighted by Crippen LogP contribution is 2.15. The van der Waals surface area contributed by atoms with E-state index in [4.69, 9.17) is 11.5 Å². The molecule has 0 aliphatic heterocycles. The van der Waals surface area contributed by atoms with Crippen molar-refractivity contribution >= 4 is 11.6 Å². The maximum absolute atomic E-state index is 11.7. The summed E-state index contributed by atoms with van der Waals surface area (Å²) in [4.78, 5) is 10.7. The summed E-state index contributed by atoms with van der Waals surface area (Å²) in [7, 11) is 0. The minimum atomic E-state index is -4.41. The van der Waals surface area contributed by atoms with E-state index >= 15 is 0 Å². The average molecular weight is 238 g/mol. The van der Waals surface area contributed by atoms with E-state index in [1.54, 1.807) is 0 Å². The average Bonchev–Trinajstić information content (AvgIpc) is 2.44. The molecule has 0 spiro atoms. The fourth-order valence-electron chi connectivity index (χ4n) is 0.949. The van der Waals surface area contributed by atoms with Gasteiger partial charge in [0, 0.05) is 0 Å². The van der Waals surface area contributed by atoms with Crippen molar-refractivity contribution in [1.82, 2.24) is 9.78 Å². The van der Waals surface area contributed by atoms with Crippen LogP contribution in [0.5, 0.6) is 0 Å². The number of halogens is 3. The maximum Gasteiger partial charge on any atom is 0.411 e. The number of anilines is 1. The van der Waals surface area contributed by atoms with E-state index in [0.29, 0.717) is 0 Å². The molecule has 1 rings (SSSR count). The van der Waals surface area contributed by atoms with Gasteiger partial charge in [-0.3, -0.25) is 4.79 Å². The van der Waals surface area contributed by atoms with Gasteiger partial charge in [0.05, 0.1) is 11.9 Å². The number of nitrogen functional groups attached to an aromatic ring is 1. The standard InChI is InChI=1S/C7H9F3N4O2/c8-7(9,10)2-16-3-14-1-4(11)5(13-14)6(12)15/h1H,2-3,11H2,(H2,12,15). The van der Waals surface area contributed by atoms with Gasteiger partial charge < -0.3 is 16.2 Å². The van der Waals surface area contributed by atoms with E-state index in [1.165, 1.54) is 0 Å². The summed E-state index contributed by atoms with van der Waals surface area (Å²) < 4.78 is 40.4. The van der Waals surface area contributed by atoms with Crippen molar-refractivity contribution < 1.29 is 22.7 Å². The summed E-state index contributed by atoms with van der Waals surface area (Å²) in [5, 5.41) is 3.55. The molecule has 0 fully saturated rings. The summed E-state index contributed by atoms with van der Waals surface area (Å²) in [6, 6.07) is 0. The number of carbonyl (C=O) groups excluding carboxylic acids is 1. The molecule has 1 amide bonds.